The highest BCUT2D eigenvalue weighted by molar-refractivity contribution is 5.85. The van der Waals surface area contributed by atoms with E-state index in [0.29, 0.717) is 0 Å². The molecule has 0 saturated carbocycles. The van der Waals surface area contributed by atoms with Crippen molar-refractivity contribution in [1.82, 2.24) is 4.90 Å². The van der Waals surface area contributed by atoms with Gasteiger partial charge in [0.05, 0.1) is 0 Å². The molecule has 0 N–H and O–H groups in total. The molecule has 1 aromatic rings. The molecule has 0 bridgehead atoms. The summed E-state index contributed by atoms with van der Waals surface area (Å²) in [6, 6.07) is 10.0. The fourth-order valence-corrected chi connectivity index (χ4v) is 2.50. The molecule has 0 unspecified atom stereocenters. The molecule has 0 fully saturated rings. The van der Waals surface area contributed by atoms with Gasteiger partial charge in [0.1, 0.15) is 0 Å². The molecule has 1 rings (SSSR count). The predicted molar refractivity (Wildman–Crippen MR) is 114 cm³/mol. The minimum atomic E-state index is 0. The highest BCUT2D eigenvalue weighted by Crippen LogP contribution is 2.10. The second-order valence-electron chi connectivity index (χ2n) is 6.60. The molecule has 0 atom stereocenters. The van der Waals surface area contributed by atoms with Crippen LogP contribution in [0, 0.1) is 0 Å². The van der Waals surface area contributed by atoms with E-state index < -0.39 is 0 Å². The van der Waals surface area contributed by atoms with Crippen LogP contribution >= 0.6 is 12.4 Å². The van der Waals surface area contributed by atoms with E-state index in [9.17, 15) is 0 Å². The topological polar surface area (TPSA) is 3.24 Å². The minimum Gasteiger partial charge on any atom is -0.309 e. The average Bonchev–Trinajstić information content (AvgIpc) is 2.57. The molecular weight excluding hydrogens is 314 g/mol. The molecule has 0 aliphatic rings. The molecule has 0 amide bonds. The molecule has 0 aromatic heterocycles. The smallest absolute Gasteiger partial charge is 0.00248 e. The van der Waals surface area contributed by atoms with Crippen LogP contribution in [0.4, 0.5) is 0 Å². The average molecular weight is 354 g/mol. The fourth-order valence-electron chi connectivity index (χ4n) is 2.50. The molecule has 140 valence electrons. The lowest BCUT2D eigenvalue weighted by Gasteiger charge is -2.08. The summed E-state index contributed by atoms with van der Waals surface area (Å²) in [5, 5.41) is 0. The molecular formula is C22H40ClN. The third-order valence-electron chi connectivity index (χ3n) is 3.99. The fraction of sp³-hybridized carbons (Fsp3) is 0.636. The van der Waals surface area contributed by atoms with Gasteiger partial charge in [0.25, 0.3) is 0 Å². The molecule has 0 aliphatic heterocycles. The Bertz CT molecular complexity index is 348. The summed E-state index contributed by atoms with van der Waals surface area (Å²) in [5.74, 6) is 0. The Labute approximate surface area is 157 Å². The van der Waals surface area contributed by atoms with Crippen molar-refractivity contribution in [3.8, 4) is 0 Å². The van der Waals surface area contributed by atoms with Crippen molar-refractivity contribution in [3.63, 3.8) is 0 Å². The van der Waals surface area contributed by atoms with Crippen LogP contribution in [0.3, 0.4) is 0 Å². The van der Waals surface area contributed by atoms with Crippen LogP contribution in [0.15, 0.2) is 36.9 Å². The van der Waals surface area contributed by atoms with Gasteiger partial charge in [-0.2, -0.15) is 0 Å². The summed E-state index contributed by atoms with van der Waals surface area (Å²) in [5.41, 5.74) is 1.17. The summed E-state index contributed by atoms with van der Waals surface area (Å²) in [6.45, 7) is 7.17. The van der Waals surface area contributed by atoms with Gasteiger partial charge in [-0.15, -0.1) is 12.4 Å². The number of benzene rings is 1. The van der Waals surface area contributed by atoms with Crippen LogP contribution in [0.25, 0.3) is 6.08 Å². The first kappa shape index (κ1) is 25.5. The van der Waals surface area contributed by atoms with Crippen molar-refractivity contribution in [2.24, 2.45) is 0 Å². The molecule has 0 aliphatic carbocycles. The molecule has 0 spiro atoms. The Hall–Kier alpha value is -0.790. The lowest BCUT2D eigenvalue weighted by Crippen LogP contribution is -2.12. The van der Waals surface area contributed by atoms with Crippen LogP contribution in [0.2, 0.25) is 0 Å². The van der Waals surface area contributed by atoms with Crippen LogP contribution in [0.5, 0.6) is 0 Å². The second-order valence-corrected chi connectivity index (χ2v) is 6.60. The molecule has 0 radical (unpaired) electrons. The number of halogens is 1. The van der Waals surface area contributed by atoms with Crippen molar-refractivity contribution < 1.29 is 0 Å². The highest BCUT2D eigenvalue weighted by Gasteiger charge is 1.93. The Morgan fingerprint density at radius 1 is 0.792 bits per heavy atom. The standard InChI is InChI=1S/C14H31N.C8H8.ClH/c1-4-5-6-7-8-9-10-11-12-13-14-15(2)3;1-2-8-6-4-3-5-7-8;/h4-14H2,1-3H3;2-7H,1H2;1H. The van der Waals surface area contributed by atoms with E-state index in [-0.39, 0.29) is 12.4 Å². The zero-order chi connectivity index (χ0) is 17.2. The van der Waals surface area contributed by atoms with Crippen molar-refractivity contribution in [3.05, 3.63) is 42.5 Å². The summed E-state index contributed by atoms with van der Waals surface area (Å²) >= 11 is 0. The van der Waals surface area contributed by atoms with E-state index >= 15 is 0 Å². The molecule has 24 heavy (non-hydrogen) atoms. The van der Waals surface area contributed by atoms with Crippen LogP contribution < -0.4 is 0 Å². The Kier molecular flexibility index (Phi) is 21.5. The zero-order valence-corrected chi connectivity index (χ0v) is 17.1. The number of hydrogen-bond acceptors (Lipinski definition) is 1. The van der Waals surface area contributed by atoms with E-state index in [1.807, 2.05) is 36.4 Å². The Balaban J connectivity index is 0. The molecule has 0 heterocycles. The van der Waals surface area contributed by atoms with E-state index in [0.717, 1.165) is 0 Å². The normalized spacial score (nSPS) is 9.83. The number of unbranched alkanes of at least 4 members (excludes halogenated alkanes) is 9. The summed E-state index contributed by atoms with van der Waals surface area (Å²) in [4.78, 5) is 2.28. The van der Waals surface area contributed by atoms with Gasteiger partial charge in [-0.25, -0.2) is 0 Å². The third kappa shape index (κ3) is 19.3. The number of rotatable bonds is 12. The minimum absolute atomic E-state index is 0. The van der Waals surface area contributed by atoms with Crippen molar-refractivity contribution in [2.75, 3.05) is 20.6 Å². The zero-order valence-electron chi connectivity index (χ0n) is 16.3. The number of nitrogens with zero attached hydrogens (tertiary/aromatic N) is 1. The van der Waals surface area contributed by atoms with E-state index in [2.05, 4.69) is 32.5 Å². The Morgan fingerprint density at radius 3 is 1.62 bits per heavy atom. The quantitative estimate of drug-likeness (QED) is 0.358. The molecule has 0 saturated heterocycles. The maximum absolute atomic E-state index is 3.63. The van der Waals surface area contributed by atoms with Gasteiger partial charge in [0.15, 0.2) is 0 Å². The van der Waals surface area contributed by atoms with Crippen LogP contribution in [0.1, 0.15) is 76.7 Å². The number of hydrogen-bond donors (Lipinski definition) is 0. The van der Waals surface area contributed by atoms with Crippen LogP contribution in [-0.4, -0.2) is 25.5 Å². The summed E-state index contributed by atoms with van der Waals surface area (Å²) in [6.07, 6.45) is 16.2. The van der Waals surface area contributed by atoms with Gasteiger partial charge in [0, 0.05) is 0 Å². The maximum Gasteiger partial charge on any atom is -0.00248 e. The predicted octanol–water partition coefficient (Wildman–Crippen LogP) is 7.22. The molecule has 1 aromatic carbocycles. The lowest BCUT2D eigenvalue weighted by atomic mass is 10.1. The SMILES string of the molecule is C=Cc1ccccc1.CCCCCCCCCCCCN(C)C.Cl. The van der Waals surface area contributed by atoms with Gasteiger partial charge in [-0.05, 0) is 32.6 Å². The van der Waals surface area contributed by atoms with Gasteiger partial charge >= 0.3 is 0 Å². The monoisotopic (exact) mass is 353 g/mol. The first-order valence-corrected chi connectivity index (χ1v) is 9.53. The summed E-state index contributed by atoms with van der Waals surface area (Å²) < 4.78 is 0. The van der Waals surface area contributed by atoms with Crippen molar-refractivity contribution in [1.29, 1.82) is 0 Å². The molecule has 1 nitrogen and oxygen atoms in total. The van der Waals surface area contributed by atoms with Gasteiger partial charge in [0.2, 0.25) is 0 Å². The van der Waals surface area contributed by atoms with E-state index in [4.69, 9.17) is 0 Å². The first-order valence-electron chi connectivity index (χ1n) is 9.53. The van der Waals surface area contributed by atoms with Gasteiger partial charge in [-0.1, -0.05) is 108 Å². The van der Waals surface area contributed by atoms with Gasteiger partial charge in [-0.3, -0.25) is 0 Å². The highest BCUT2D eigenvalue weighted by atomic mass is 35.5. The largest absolute Gasteiger partial charge is 0.309 e. The van der Waals surface area contributed by atoms with E-state index in [1.165, 1.54) is 76.3 Å². The first-order chi connectivity index (χ1) is 11.2. The Morgan fingerprint density at radius 2 is 1.25 bits per heavy atom. The summed E-state index contributed by atoms with van der Waals surface area (Å²) in [7, 11) is 4.32. The van der Waals surface area contributed by atoms with E-state index in [1.54, 1.807) is 0 Å². The second kappa shape index (κ2) is 20.3. The maximum atomic E-state index is 3.63. The third-order valence-corrected chi connectivity index (χ3v) is 3.99. The lowest BCUT2D eigenvalue weighted by molar-refractivity contribution is 0.389. The van der Waals surface area contributed by atoms with Crippen LogP contribution in [-0.2, 0) is 0 Å². The molecule has 2 heteroatoms. The van der Waals surface area contributed by atoms with Crippen molar-refractivity contribution >= 4 is 18.5 Å². The van der Waals surface area contributed by atoms with Gasteiger partial charge < -0.3 is 4.90 Å². The van der Waals surface area contributed by atoms with Crippen molar-refractivity contribution in [2.45, 2.75) is 71.1 Å².